The third-order valence-corrected chi connectivity index (χ3v) is 1.79. The van der Waals surface area contributed by atoms with E-state index in [0.717, 1.165) is 0 Å². The van der Waals surface area contributed by atoms with E-state index in [9.17, 15) is 29.7 Å². The van der Waals surface area contributed by atoms with Crippen LogP contribution < -0.4 is 15.3 Å². The van der Waals surface area contributed by atoms with Gasteiger partial charge in [0.25, 0.3) is 0 Å². The number of hydrogen-bond donors (Lipinski definition) is 1. The Morgan fingerprint density at radius 3 is 1.81 bits per heavy atom. The standard InChI is InChI=1S/C9H6O7/c10-6-2-4(8(13)14)3(7(11)12)1-5(6)9(15)16/h1-2,10H,(H,11,12)(H,13,14)(H,15,16)/p-3. The molecule has 0 amide bonds. The summed E-state index contributed by atoms with van der Waals surface area (Å²) in [5.74, 6) is -6.58. The molecule has 0 radical (unpaired) electrons. The highest BCUT2D eigenvalue weighted by atomic mass is 16.4. The molecule has 7 nitrogen and oxygen atoms in total. The number of carbonyl (C=O) groups excluding carboxylic acids is 2. The highest BCUT2D eigenvalue weighted by molar-refractivity contribution is 6.03. The van der Waals surface area contributed by atoms with Gasteiger partial charge in [-0.15, -0.1) is 0 Å². The Morgan fingerprint density at radius 1 is 0.938 bits per heavy atom. The van der Waals surface area contributed by atoms with Gasteiger partial charge in [-0.05, 0) is 11.6 Å². The average molecular weight is 223 g/mol. The number of carboxylic acids is 3. The maximum absolute atomic E-state index is 11.1. The second-order valence-electron chi connectivity index (χ2n) is 2.77. The Morgan fingerprint density at radius 2 is 1.44 bits per heavy atom. The summed E-state index contributed by atoms with van der Waals surface area (Å²) in [4.78, 5) is 31.5. The van der Waals surface area contributed by atoms with Crippen LogP contribution in [-0.4, -0.2) is 23.0 Å². The number of benzene rings is 1. The van der Waals surface area contributed by atoms with Crippen molar-refractivity contribution in [3.8, 4) is 5.75 Å². The lowest BCUT2D eigenvalue weighted by Gasteiger charge is -2.18. The molecule has 0 saturated heterocycles. The van der Waals surface area contributed by atoms with Gasteiger partial charge >= 0.3 is 5.97 Å². The first-order valence-corrected chi connectivity index (χ1v) is 3.85. The van der Waals surface area contributed by atoms with E-state index in [2.05, 4.69) is 0 Å². The van der Waals surface area contributed by atoms with Crippen LogP contribution >= 0.6 is 0 Å². The molecule has 84 valence electrons. The molecule has 0 atom stereocenters. The number of carbonyl (C=O) groups is 3. The predicted molar refractivity (Wildman–Crippen MR) is 41.5 cm³/mol. The van der Waals surface area contributed by atoms with Crippen molar-refractivity contribution in [1.29, 1.82) is 0 Å². The molecule has 1 N–H and O–H groups in total. The van der Waals surface area contributed by atoms with E-state index in [4.69, 9.17) is 5.11 Å². The van der Waals surface area contributed by atoms with Gasteiger partial charge in [0.15, 0.2) is 0 Å². The van der Waals surface area contributed by atoms with Crippen LogP contribution in [0, 0.1) is 0 Å². The highest BCUT2D eigenvalue weighted by Gasteiger charge is 2.12. The molecule has 0 spiro atoms. The van der Waals surface area contributed by atoms with Crippen LogP contribution in [-0.2, 0) is 0 Å². The van der Waals surface area contributed by atoms with E-state index in [1.807, 2.05) is 0 Å². The summed E-state index contributed by atoms with van der Waals surface area (Å²) in [7, 11) is 0. The lowest BCUT2D eigenvalue weighted by molar-refractivity contribution is -0.276. The lowest BCUT2D eigenvalue weighted by Crippen LogP contribution is -2.28. The minimum Gasteiger partial charge on any atom is -0.872 e. The number of hydrogen-bond acceptors (Lipinski definition) is 6. The molecule has 1 rings (SSSR count). The van der Waals surface area contributed by atoms with Crippen molar-refractivity contribution in [2.45, 2.75) is 0 Å². The Bertz CT molecular complexity index is 489. The molecule has 0 saturated carbocycles. The van der Waals surface area contributed by atoms with E-state index in [1.165, 1.54) is 0 Å². The van der Waals surface area contributed by atoms with Crippen molar-refractivity contribution in [3.05, 3.63) is 28.8 Å². The van der Waals surface area contributed by atoms with Gasteiger partial charge in [-0.3, -0.25) is 0 Å². The maximum Gasteiger partial charge on any atom is 0.336 e. The summed E-state index contributed by atoms with van der Waals surface area (Å²) >= 11 is 0. The Kier molecular flexibility index (Phi) is 2.80. The zero-order chi connectivity index (χ0) is 12.5. The fraction of sp³-hybridized carbons (Fsp3) is 0. The lowest BCUT2D eigenvalue weighted by atomic mass is 10.0. The molecule has 0 aliphatic heterocycles. The Labute approximate surface area is 88.2 Å². The predicted octanol–water partition coefficient (Wildman–Crippen LogP) is -2.81. The molecule has 1 aromatic carbocycles. The van der Waals surface area contributed by atoms with Gasteiger partial charge in [0.1, 0.15) is 0 Å². The zero-order valence-electron chi connectivity index (χ0n) is 7.55. The second-order valence-corrected chi connectivity index (χ2v) is 2.77. The van der Waals surface area contributed by atoms with Gasteiger partial charge in [-0.1, -0.05) is 11.8 Å². The van der Waals surface area contributed by atoms with E-state index in [0.29, 0.717) is 12.1 Å². The molecule has 0 heterocycles. The third-order valence-electron chi connectivity index (χ3n) is 1.79. The summed E-state index contributed by atoms with van der Waals surface area (Å²) < 4.78 is 0. The summed E-state index contributed by atoms with van der Waals surface area (Å²) in [6.07, 6.45) is 0. The van der Waals surface area contributed by atoms with Crippen molar-refractivity contribution in [1.82, 2.24) is 0 Å². The minimum absolute atomic E-state index is 0.401. The Hall–Kier alpha value is -2.57. The van der Waals surface area contributed by atoms with Crippen molar-refractivity contribution in [2.24, 2.45) is 0 Å². The first kappa shape index (κ1) is 11.5. The van der Waals surface area contributed by atoms with Gasteiger partial charge in [-0.25, -0.2) is 4.79 Å². The van der Waals surface area contributed by atoms with E-state index < -0.39 is 40.3 Å². The van der Waals surface area contributed by atoms with Gasteiger partial charge in [0.05, 0.1) is 17.5 Å². The van der Waals surface area contributed by atoms with Gasteiger partial charge in [0, 0.05) is 5.56 Å². The first-order chi connectivity index (χ1) is 7.34. The van der Waals surface area contributed by atoms with Crippen LogP contribution in [0.2, 0.25) is 0 Å². The van der Waals surface area contributed by atoms with E-state index in [1.54, 1.807) is 0 Å². The molecular weight excluding hydrogens is 220 g/mol. The highest BCUT2D eigenvalue weighted by Crippen LogP contribution is 2.19. The van der Waals surface area contributed by atoms with Crippen molar-refractivity contribution >= 4 is 17.9 Å². The van der Waals surface area contributed by atoms with Crippen molar-refractivity contribution in [2.75, 3.05) is 0 Å². The molecule has 0 aromatic heterocycles. The quantitative estimate of drug-likeness (QED) is 0.582. The molecule has 0 fully saturated rings. The third kappa shape index (κ3) is 1.92. The fourth-order valence-electron chi connectivity index (χ4n) is 1.09. The van der Waals surface area contributed by atoms with Crippen LogP contribution in [0.25, 0.3) is 0 Å². The molecule has 0 aliphatic carbocycles. The average Bonchev–Trinajstić information content (AvgIpc) is 2.15. The van der Waals surface area contributed by atoms with E-state index in [-0.39, 0.29) is 0 Å². The molecule has 0 unspecified atom stereocenters. The molecule has 0 bridgehead atoms. The summed E-state index contributed by atoms with van der Waals surface area (Å²) in [5, 5.41) is 40.6. The van der Waals surface area contributed by atoms with Crippen molar-refractivity contribution in [3.63, 3.8) is 0 Å². The van der Waals surface area contributed by atoms with E-state index >= 15 is 0 Å². The number of aromatic carboxylic acids is 3. The van der Waals surface area contributed by atoms with Crippen LogP contribution in [0.5, 0.6) is 5.75 Å². The van der Waals surface area contributed by atoms with Crippen molar-refractivity contribution < 1.29 is 34.8 Å². The van der Waals surface area contributed by atoms with Gasteiger partial charge < -0.3 is 30.0 Å². The topological polar surface area (TPSA) is 141 Å². The summed E-state index contributed by atoms with van der Waals surface area (Å²) in [6, 6.07) is 0.815. The van der Waals surface area contributed by atoms with Gasteiger partial charge in [-0.2, -0.15) is 0 Å². The zero-order valence-corrected chi connectivity index (χ0v) is 7.55. The summed E-state index contributed by atoms with van der Waals surface area (Å²) in [6.45, 7) is 0. The number of carboxylic acid groups (broad SMARTS) is 3. The number of rotatable bonds is 3. The van der Waals surface area contributed by atoms with Crippen LogP contribution in [0.15, 0.2) is 12.1 Å². The molecular formula is C9H3O7-3. The molecule has 0 aliphatic rings. The fourth-order valence-corrected chi connectivity index (χ4v) is 1.09. The minimum atomic E-state index is -1.89. The van der Waals surface area contributed by atoms with Crippen LogP contribution in [0.1, 0.15) is 31.1 Å². The monoisotopic (exact) mass is 223 g/mol. The van der Waals surface area contributed by atoms with Crippen LogP contribution in [0.4, 0.5) is 0 Å². The maximum atomic E-state index is 11.1. The Balaban J connectivity index is 3.55. The normalized spacial score (nSPS) is 9.75. The summed E-state index contributed by atoms with van der Waals surface area (Å²) in [5.41, 5.74) is -2.63. The molecule has 1 aromatic rings. The van der Waals surface area contributed by atoms with Gasteiger partial charge in [0.2, 0.25) is 0 Å². The smallest absolute Gasteiger partial charge is 0.336 e. The molecule has 16 heavy (non-hydrogen) atoms. The largest absolute Gasteiger partial charge is 0.872 e. The first-order valence-electron chi connectivity index (χ1n) is 3.85. The molecule has 7 heteroatoms. The SMILES string of the molecule is O=C([O-])c1cc(C(=O)[O-])c(C(=O)O)cc1[O-]. The van der Waals surface area contributed by atoms with Crippen LogP contribution in [0.3, 0.4) is 0 Å². The second kappa shape index (κ2) is 3.89.